The molecule has 1 aromatic carbocycles. The number of benzene rings is 1. The Balaban J connectivity index is 1.41. The van der Waals surface area contributed by atoms with E-state index in [9.17, 15) is 5.11 Å². The van der Waals surface area contributed by atoms with Crippen molar-refractivity contribution in [3.05, 3.63) is 46.6 Å². The van der Waals surface area contributed by atoms with Crippen LogP contribution in [0, 0.1) is 6.92 Å². The lowest BCUT2D eigenvalue weighted by atomic mass is 9.97. The van der Waals surface area contributed by atoms with Crippen LogP contribution in [0.1, 0.15) is 28.8 Å². The Morgan fingerprint density at radius 1 is 1.19 bits per heavy atom. The number of aromatic nitrogens is 2. The zero-order chi connectivity index (χ0) is 17.9. The van der Waals surface area contributed by atoms with Crippen molar-refractivity contribution in [3.63, 3.8) is 0 Å². The van der Waals surface area contributed by atoms with Gasteiger partial charge in [-0.2, -0.15) is 0 Å². The number of ether oxygens (including phenoxy) is 1. The number of thiophene rings is 1. The summed E-state index contributed by atoms with van der Waals surface area (Å²) < 4.78 is 5.68. The number of nitrogens with zero attached hydrogens (tertiary/aromatic N) is 2. The number of thioether (sulfide) groups is 1. The summed E-state index contributed by atoms with van der Waals surface area (Å²) in [6.07, 6.45) is 5.89. The van der Waals surface area contributed by atoms with Crippen molar-refractivity contribution in [2.75, 3.05) is 12.4 Å². The second kappa shape index (κ2) is 7.94. The smallest absolute Gasteiger partial charge is 0.128 e. The zero-order valence-electron chi connectivity index (χ0n) is 14.8. The van der Waals surface area contributed by atoms with Gasteiger partial charge in [-0.25, -0.2) is 9.97 Å². The Morgan fingerprint density at radius 2 is 2.00 bits per heavy atom. The maximum absolute atomic E-state index is 10.3. The molecule has 1 aliphatic rings. The van der Waals surface area contributed by atoms with Crippen molar-refractivity contribution in [1.29, 1.82) is 0 Å². The Morgan fingerprint density at radius 3 is 2.85 bits per heavy atom. The fourth-order valence-corrected chi connectivity index (χ4v) is 5.45. The van der Waals surface area contributed by atoms with Gasteiger partial charge in [-0.1, -0.05) is 17.7 Å². The fourth-order valence-electron chi connectivity index (χ4n) is 3.22. The van der Waals surface area contributed by atoms with Crippen molar-refractivity contribution in [2.45, 2.75) is 43.7 Å². The van der Waals surface area contributed by atoms with Crippen molar-refractivity contribution in [1.82, 2.24) is 9.97 Å². The van der Waals surface area contributed by atoms with Crippen LogP contribution < -0.4 is 4.74 Å². The Hall–Kier alpha value is -1.63. The van der Waals surface area contributed by atoms with E-state index in [2.05, 4.69) is 9.97 Å². The number of hydrogen-bond donors (Lipinski definition) is 1. The van der Waals surface area contributed by atoms with E-state index in [0.717, 1.165) is 28.4 Å². The van der Waals surface area contributed by atoms with Gasteiger partial charge in [0, 0.05) is 16.0 Å². The van der Waals surface area contributed by atoms with E-state index in [0.29, 0.717) is 5.75 Å². The highest BCUT2D eigenvalue weighted by atomic mass is 32.2. The van der Waals surface area contributed by atoms with Crippen LogP contribution in [-0.4, -0.2) is 33.5 Å². The first-order valence-corrected chi connectivity index (χ1v) is 10.8. The van der Waals surface area contributed by atoms with Crippen LogP contribution in [0.4, 0.5) is 0 Å². The van der Waals surface area contributed by atoms with Crippen LogP contribution in [-0.2, 0) is 12.8 Å². The monoisotopic (exact) mass is 386 g/mol. The van der Waals surface area contributed by atoms with Gasteiger partial charge in [0.25, 0.3) is 0 Å². The van der Waals surface area contributed by atoms with Crippen LogP contribution in [0.3, 0.4) is 0 Å². The van der Waals surface area contributed by atoms with Crippen LogP contribution >= 0.6 is 23.1 Å². The minimum atomic E-state index is -0.541. The molecule has 6 heteroatoms. The number of hydrogen-bond acceptors (Lipinski definition) is 6. The standard InChI is InChI=1S/C20H22N2O2S2/c1-13-6-8-15(9-7-13)24-10-14(23)11-25-19-18-16-4-2-3-5-17(16)26-20(18)22-12-21-19/h6-9,12,14,23H,2-5,10-11H2,1H3/t14-/m1/s1. The summed E-state index contributed by atoms with van der Waals surface area (Å²) in [5.74, 6) is 1.35. The summed E-state index contributed by atoms with van der Waals surface area (Å²) in [6.45, 7) is 2.33. The van der Waals surface area contributed by atoms with Gasteiger partial charge < -0.3 is 9.84 Å². The van der Waals surface area contributed by atoms with E-state index < -0.39 is 6.10 Å². The molecule has 0 saturated carbocycles. The maximum atomic E-state index is 10.3. The normalized spacial score (nSPS) is 15.0. The molecule has 3 aromatic rings. The molecule has 0 bridgehead atoms. The molecule has 0 saturated heterocycles. The molecule has 136 valence electrons. The van der Waals surface area contributed by atoms with Gasteiger partial charge in [-0.3, -0.25) is 0 Å². The Bertz CT molecular complexity index is 893. The molecular weight excluding hydrogens is 364 g/mol. The van der Waals surface area contributed by atoms with Gasteiger partial charge >= 0.3 is 0 Å². The van der Waals surface area contributed by atoms with E-state index in [1.807, 2.05) is 31.2 Å². The zero-order valence-corrected chi connectivity index (χ0v) is 16.4. The van der Waals surface area contributed by atoms with Gasteiger partial charge in [0.2, 0.25) is 0 Å². The van der Waals surface area contributed by atoms with E-state index in [1.165, 1.54) is 34.2 Å². The second-order valence-corrected chi connectivity index (χ2v) is 8.75. The molecule has 1 atom stereocenters. The van der Waals surface area contributed by atoms with Crippen LogP contribution in [0.25, 0.3) is 10.2 Å². The quantitative estimate of drug-likeness (QED) is 0.502. The minimum Gasteiger partial charge on any atom is -0.491 e. The summed E-state index contributed by atoms with van der Waals surface area (Å²) in [5, 5.41) is 12.5. The van der Waals surface area contributed by atoms with Crippen LogP contribution in [0.15, 0.2) is 35.6 Å². The van der Waals surface area contributed by atoms with E-state index >= 15 is 0 Å². The third-order valence-electron chi connectivity index (χ3n) is 4.59. The lowest BCUT2D eigenvalue weighted by molar-refractivity contribution is 0.126. The number of rotatable bonds is 6. The molecule has 26 heavy (non-hydrogen) atoms. The number of aliphatic hydroxyl groups excluding tert-OH is 1. The highest BCUT2D eigenvalue weighted by Crippen LogP contribution is 2.39. The molecule has 1 N–H and O–H groups in total. The molecule has 1 aliphatic carbocycles. The maximum Gasteiger partial charge on any atom is 0.128 e. The third kappa shape index (κ3) is 3.87. The second-order valence-electron chi connectivity index (χ2n) is 6.66. The van der Waals surface area contributed by atoms with Crippen molar-refractivity contribution in [3.8, 4) is 5.75 Å². The summed E-state index contributed by atoms with van der Waals surface area (Å²) in [7, 11) is 0. The van der Waals surface area contributed by atoms with Crippen molar-refractivity contribution >= 4 is 33.3 Å². The van der Waals surface area contributed by atoms with Gasteiger partial charge in [-0.15, -0.1) is 23.1 Å². The molecule has 2 aromatic heterocycles. The lowest BCUT2D eigenvalue weighted by Gasteiger charge is -2.13. The average Bonchev–Trinajstić information content (AvgIpc) is 3.05. The lowest BCUT2D eigenvalue weighted by Crippen LogP contribution is -2.20. The topological polar surface area (TPSA) is 55.2 Å². The Kier molecular flexibility index (Phi) is 5.43. The molecule has 4 rings (SSSR count). The summed E-state index contributed by atoms with van der Waals surface area (Å²) in [4.78, 5) is 11.5. The molecule has 2 heterocycles. The van der Waals surface area contributed by atoms with Crippen LogP contribution in [0.5, 0.6) is 5.75 Å². The fraction of sp³-hybridized carbons (Fsp3) is 0.400. The predicted octanol–water partition coefficient (Wildman–Crippen LogP) is 4.41. The summed E-state index contributed by atoms with van der Waals surface area (Å²) in [5.41, 5.74) is 2.63. The van der Waals surface area contributed by atoms with Crippen molar-refractivity contribution in [2.24, 2.45) is 0 Å². The molecule has 0 spiro atoms. The van der Waals surface area contributed by atoms with Gasteiger partial charge in [0.1, 0.15) is 28.5 Å². The van der Waals surface area contributed by atoms with Crippen LogP contribution in [0.2, 0.25) is 0 Å². The first-order chi connectivity index (χ1) is 12.7. The highest BCUT2D eigenvalue weighted by molar-refractivity contribution is 7.99. The summed E-state index contributed by atoms with van der Waals surface area (Å²) >= 11 is 3.40. The van der Waals surface area contributed by atoms with Gasteiger partial charge in [0.05, 0.1) is 6.10 Å². The van der Waals surface area contributed by atoms with Gasteiger partial charge in [-0.05, 0) is 50.3 Å². The molecular formula is C20H22N2O2S2. The van der Waals surface area contributed by atoms with E-state index in [-0.39, 0.29) is 6.61 Å². The predicted molar refractivity (Wildman–Crippen MR) is 107 cm³/mol. The largest absolute Gasteiger partial charge is 0.491 e. The molecule has 0 aliphatic heterocycles. The minimum absolute atomic E-state index is 0.284. The first-order valence-electron chi connectivity index (χ1n) is 8.96. The molecule has 4 nitrogen and oxygen atoms in total. The average molecular weight is 387 g/mol. The molecule has 0 amide bonds. The molecule has 0 fully saturated rings. The Labute approximate surface area is 161 Å². The van der Waals surface area contributed by atoms with Crippen molar-refractivity contribution < 1.29 is 9.84 Å². The number of aliphatic hydroxyl groups is 1. The SMILES string of the molecule is Cc1ccc(OC[C@@H](O)CSc2ncnc3sc4c(c23)CCCC4)cc1. The third-order valence-corrected chi connectivity index (χ3v) is 6.93. The highest BCUT2D eigenvalue weighted by Gasteiger charge is 2.20. The molecule has 0 unspecified atom stereocenters. The number of fused-ring (bicyclic) bond motifs is 3. The van der Waals surface area contributed by atoms with E-state index in [1.54, 1.807) is 29.4 Å². The van der Waals surface area contributed by atoms with E-state index in [4.69, 9.17) is 4.74 Å². The molecule has 0 radical (unpaired) electrons. The van der Waals surface area contributed by atoms with Gasteiger partial charge in [0.15, 0.2) is 0 Å². The summed E-state index contributed by atoms with van der Waals surface area (Å²) in [6, 6.07) is 7.88. The number of aryl methyl sites for hydroxylation is 3. The first kappa shape index (κ1) is 17.8.